The van der Waals surface area contributed by atoms with Gasteiger partial charge in [-0.25, -0.2) is 9.37 Å². The smallest absolute Gasteiger partial charge is 0.310 e. The lowest BCUT2D eigenvalue weighted by Gasteiger charge is -2.42. The summed E-state index contributed by atoms with van der Waals surface area (Å²) in [4.78, 5) is 31.2. The van der Waals surface area contributed by atoms with Crippen LogP contribution in [0, 0.1) is 12.7 Å². The SMILES string of the molecule is CCCCCCCCCCCCCC(=O)OC[N+]1(CCc2c(C)nc3n(c2=O)CCCC3)CCC(c2noc3cc(F)ccc23)CC1. The number of carbonyl (C=O) groups is 1. The lowest BCUT2D eigenvalue weighted by molar-refractivity contribution is -0.948. The average molecular weight is 652 g/mol. The highest BCUT2D eigenvalue weighted by atomic mass is 19.1. The van der Waals surface area contributed by atoms with E-state index in [1.165, 1.54) is 69.9 Å². The highest BCUT2D eigenvalue weighted by Gasteiger charge is 2.37. The van der Waals surface area contributed by atoms with Gasteiger partial charge < -0.3 is 9.26 Å². The highest BCUT2D eigenvalue weighted by Crippen LogP contribution is 2.35. The first-order valence-corrected chi connectivity index (χ1v) is 18.5. The number of quaternary nitrogens is 1. The first-order valence-electron chi connectivity index (χ1n) is 18.5. The van der Waals surface area contributed by atoms with Gasteiger partial charge in [0.1, 0.15) is 11.6 Å². The van der Waals surface area contributed by atoms with Crippen LogP contribution in [-0.4, -0.2) is 51.5 Å². The molecule has 1 fully saturated rings. The summed E-state index contributed by atoms with van der Waals surface area (Å²) in [6.45, 7) is 7.56. The maximum Gasteiger partial charge on any atom is 0.310 e. The predicted octanol–water partition coefficient (Wildman–Crippen LogP) is 8.31. The molecule has 0 N–H and O–H groups in total. The molecule has 9 heteroatoms. The van der Waals surface area contributed by atoms with Gasteiger partial charge in [-0.05, 0) is 38.3 Å². The van der Waals surface area contributed by atoms with Crippen LogP contribution in [0.15, 0.2) is 27.5 Å². The summed E-state index contributed by atoms with van der Waals surface area (Å²) < 4.78 is 27.7. The zero-order chi connectivity index (χ0) is 33.1. The third kappa shape index (κ3) is 9.52. The zero-order valence-electron chi connectivity index (χ0n) is 28.9. The van der Waals surface area contributed by atoms with Crippen molar-refractivity contribution in [1.82, 2.24) is 14.7 Å². The third-order valence-electron chi connectivity index (χ3n) is 10.7. The molecule has 1 aromatic carbocycles. The quantitative estimate of drug-likeness (QED) is 0.0781. The van der Waals surface area contributed by atoms with E-state index in [4.69, 9.17) is 14.2 Å². The molecule has 0 bridgehead atoms. The summed E-state index contributed by atoms with van der Waals surface area (Å²) >= 11 is 0. The number of ether oxygens (including phenoxy) is 1. The van der Waals surface area contributed by atoms with E-state index in [1.54, 1.807) is 6.07 Å². The molecule has 2 aliphatic rings. The minimum absolute atomic E-state index is 0.0926. The van der Waals surface area contributed by atoms with Crippen LogP contribution in [0.4, 0.5) is 4.39 Å². The van der Waals surface area contributed by atoms with Gasteiger partial charge in [0.05, 0.1) is 25.3 Å². The van der Waals surface area contributed by atoms with Crippen LogP contribution in [-0.2, 0) is 28.9 Å². The molecule has 2 aromatic heterocycles. The van der Waals surface area contributed by atoms with Gasteiger partial charge in [-0.3, -0.25) is 18.6 Å². The molecule has 8 nitrogen and oxygen atoms in total. The number of nitrogens with zero attached hydrogens (tertiary/aromatic N) is 4. The number of carbonyl (C=O) groups excluding carboxylic acids is 1. The van der Waals surface area contributed by atoms with Crippen LogP contribution in [0.5, 0.6) is 0 Å². The molecule has 0 amide bonds. The Morgan fingerprint density at radius 2 is 1.72 bits per heavy atom. The number of benzene rings is 1. The van der Waals surface area contributed by atoms with E-state index in [0.717, 1.165) is 92.7 Å². The van der Waals surface area contributed by atoms with Crippen molar-refractivity contribution in [3.05, 3.63) is 57.1 Å². The summed E-state index contributed by atoms with van der Waals surface area (Å²) in [6.07, 6.45) is 19.4. The summed E-state index contributed by atoms with van der Waals surface area (Å²) in [6, 6.07) is 4.59. The summed E-state index contributed by atoms with van der Waals surface area (Å²) in [5.41, 5.74) is 3.05. The van der Waals surface area contributed by atoms with Crippen LogP contribution in [0.3, 0.4) is 0 Å². The van der Waals surface area contributed by atoms with Gasteiger partial charge in [-0.1, -0.05) is 76.3 Å². The number of esters is 1. The monoisotopic (exact) mass is 651 g/mol. The maximum absolute atomic E-state index is 13.8. The zero-order valence-corrected chi connectivity index (χ0v) is 28.9. The number of hydrogen-bond donors (Lipinski definition) is 0. The Kier molecular flexibility index (Phi) is 13.0. The first kappa shape index (κ1) is 35.2. The molecule has 0 aliphatic carbocycles. The third-order valence-corrected chi connectivity index (χ3v) is 10.7. The van der Waals surface area contributed by atoms with E-state index in [-0.39, 0.29) is 23.3 Å². The van der Waals surface area contributed by atoms with E-state index in [1.807, 2.05) is 11.5 Å². The molecule has 0 spiro atoms. The highest BCUT2D eigenvalue weighted by molar-refractivity contribution is 5.79. The molecule has 3 aromatic rings. The van der Waals surface area contributed by atoms with Gasteiger partial charge >= 0.3 is 5.97 Å². The van der Waals surface area contributed by atoms with Gasteiger partial charge in [-0.15, -0.1) is 0 Å². The number of halogens is 1. The van der Waals surface area contributed by atoms with E-state index in [2.05, 4.69) is 12.1 Å². The molecule has 0 radical (unpaired) electrons. The molecular formula is C38H56FN4O4+. The fraction of sp³-hybridized carbons (Fsp3) is 0.684. The maximum atomic E-state index is 13.8. The van der Waals surface area contributed by atoms with Gasteiger partial charge in [-0.2, -0.15) is 0 Å². The minimum atomic E-state index is -0.336. The molecule has 5 rings (SSSR count). The normalized spacial score (nSPS) is 19.6. The molecule has 258 valence electrons. The number of aromatic nitrogens is 3. The van der Waals surface area contributed by atoms with Gasteiger partial charge in [0.25, 0.3) is 5.56 Å². The van der Waals surface area contributed by atoms with Crippen molar-refractivity contribution in [2.24, 2.45) is 0 Å². The fourth-order valence-electron chi connectivity index (χ4n) is 7.61. The number of fused-ring (bicyclic) bond motifs is 2. The minimum Gasteiger partial charge on any atom is -0.415 e. The molecule has 0 unspecified atom stereocenters. The lowest BCUT2D eigenvalue weighted by Crippen LogP contribution is -2.55. The number of rotatable bonds is 18. The molecule has 4 heterocycles. The number of piperidine rings is 1. The molecule has 0 saturated carbocycles. The molecular weight excluding hydrogens is 595 g/mol. The van der Waals surface area contributed by atoms with Crippen molar-refractivity contribution in [1.29, 1.82) is 0 Å². The average Bonchev–Trinajstić information content (AvgIpc) is 3.49. The first-order chi connectivity index (χ1) is 22.9. The van der Waals surface area contributed by atoms with E-state index < -0.39 is 0 Å². The summed E-state index contributed by atoms with van der Waals surface area (Å²) in [7, 11) is 0. The second kappa shape index (κ2) is 17.4. The Bertz CT molecular complexity index is 1510. The van der Waals surface area contributed by atoms with E-state index in [9.17, 15) is 14.0 Å². The Balaban J connectivity index is 1.16. The van der Waals surface area contributed by atoms with Crippen LogP contribution in [0.25, 0.3) is 11.0 Å². The predicted molar refractivity (Wildman–Crippen MR) is 183 cm³/mol. The van der Waals surface area contributed by atoms with E-state index >= 15 is 0 Å². The summed E-state index contributed by atoms with van der Waals surface area (Å²) in [5, 5.41) is 5.19. The number of unbranched alkanes of at least 4 members (excludes halogenated alkanes) is 10. The Labute approximate surface area is 279 Å². The fourth-order valence-corrected chi connectivity index (χ4v) is 7.61. The number of aryl methyl sites for hydroxylation is 2. The Morgan fingerprint density at radius 1 is 1.02 bits per heavy atom. The van der Waals surface area contributed by atoms with Crippen molar-refractivity contribution in [2.45, 2.75) is 142 Å². The van der Waals surface area contributed by atoms with Crippen molar-refractivity contribution in [3.8, 4) is 0 Å². The molecule has 47 heavy (non-hydrogen) atoms. The van der Waals surface area contributed by atoms with Gasteiger partial charge in [0.2, 0.25) is 6.73 Å². The molecule has 0 atom stereocenters. The number of likely N-dealkylation sites (tertiary alicyclic amines) is 1. The van der Waals surface area contributed by atoms with Crippen LogP contribution in [0.1, 0.15) is 138 Å². The van der Waals surface area contributed by atoms with Gasteiger partial charge in [0, 0.05) is 67.3 Å². The van der Waals surface area contributed by atoms with Gasteiger partial charge in [0.15, 0.2) is 5.58 Å². The Hall–Kier alpha value is -3.07. The molecule has 2 aliphatic heterocycles. The summed E-state index contributed by atoms with van der Waals surface area (Å²) in [5.74, 6) is 0.621. The largest absolute Gasteiger partial charge is 0.415 e. The standard InChI is InChI=1S/C38H56FN4O4/c1-3-4-5-6-7-8-9-10-11-12-13-17-36(44)46-28-43(26-22-32-29(2)40-35-16-14-15-23-42(35)38(32)45)24-20-30(21-25-43)37-33-19-18-31(39)27-34(33)47-41-37/h18-19,27,30H,3-17,20-26,28H2,1-2H3/q+1. The van der Waals surface area contributed by atoms with Crippen LogP contribution in [0.2, 0.25) is 0 Å². The van der Waals surface area contributed by atoms with Crippen molar-refractivity contribution >= 4 is 16.9 Å². The lowest BCUT2D eigenvalue weighted by atomic mass is 9.90. The Morgan fingerprint density at radius 3 is 2.45 bits per heavy atom. The second-order valence-corrected chi connectivity index (χ2v) is 14.2. The topological polar surface area (TPSA) is 87.2 Å². The van der Waals surface area contributed by atoms with Crippen molar-refractivity contribution in [2.75, 3.05) is 26.4 Å². The van der Waals surface area contributed by atoms with Crippen LogP contribution >= 0.6 is 0 Å². The van der Waals surface area contributed by atoms with E-state index in [0.29, 0.717) is 36.2 Å². The van der Waals surface area contributed by atoms with Crippen molar-refractivity contribution in [3.63, 3.8) is 0 Å². The second-order valence-electron chi connectivity index (χ2n) is 14.2. The van der Waals surface area contributed by atoms with Crippen LogP contribution < -0.4 is 5.56 Å². The van der Waals surface area contributed by atoms with Crippen molar-refractivity contribution < 1.29 is 22.9 Å². The number of hydrogen-bond acceptors (Lipinski definition) is 6. The molecule has 1 saturated heterocycles.